The number of aliphatic hydroxyl groups is 1. The van der Waals surface area contributed by atoms with Crippen LogP contribution < -0.4 is 20.1 Å². The number of hydrogen-bond acceptors (Lipinski definition) is 9. The van der Waals surface area contributed by atoms with Gasteiger partial charge in [-0.2, -0.15) is 9.97 Å². The molecule has 0 fully saturated rings. The van der Waals surface area contributed by atoms with Crippen LogP contribution in [0.15, 0.2) is 23.3 Å². The molecule has 0 radical (unpaired) electrons. The molecule has 2 heterocycles. The summed E-state index contributed by atoms with van der Waals surface area (Å²) in [5, 5.41) is 8.81. The van der Waals surface area contributed by atoms with E-state index in [1.54, 1.807) is 6.20 Å². The molecule has 30 heavy (non-hydrogen) atoms. The normalized spacial score (nSPS) is 10.6. The van der Waals surface area contributed by atoms with Gasteiger partial charge in [0.2, 0.25) is 5.88 Å². The third kappa shape index (κ3) is 7.10. The van der Waals surface area contributed by atoms with E-state index in [1.165, 1.54) is 0 Å². The summed E-state index contributed by atoms with van der Waals surface area (Å²) >= 11 is 3.51. The van der Waals surface area contributed by atoms with E-state index in [2.05, 4.69) is 49.5 Å². The molecule has 0 saturated carbocycles. The molecule has 0 aliphatic heterocycles. The minimum absolute atomic E-state index is 0.165. The van der Waals surface area contributed by atoms with Gasteiger partial charge in [0.05, 0.1) is 18.7 Å². The number of unbranched alkanes of at least 4 members (excludes halogenated alkanes) is 2. The summed E-state index contributed by atoms with van der Waals surface area (Å²) in [6.07, 6.45) is 5.16. The fraction of sp³-hybridized carbons (Fsp3) is 0.500. The molecule has 0 aliphatic rings. The second-order valence-electron chi connectivity index (χ2n) is 6.53. The van der Waals surface area contributed by atoms with Crippen molar-refractivity contribution in [2.45, 2.75) is 39.2 Å². The lowest BCUT2D eigenvalue weighted by atomic mass is 10.2. The number of aliphatic hydroxyl groups excluding tert-OH is 1. The van der Waals surface area contributed by atoms with Gasteiger partial charge < -0.3 is 25.2 Å². The lowest BCUT2D eigenvalue weighted by Gasteiger charge is -2.23. The first kappa shape index (κ1) is 23.8. The number of aliphatic imine (C=N–C) groups is 1. The van der Waals surface area contributed by atoms with Crippen LogP contribution in [0.4, 0.5) is 17.3 Å². The zero-order chi connectivity index (χ0) is 21.8. The highest BCUT2D eigenvalue weighted by Crippen LogP contribution is 2.34. The number of nitrogen functional groups attached to an aromatic ring is 1. The molecule has 2 rings (SSSR count). The van der Waals surface area contributed by atoms with Crippen LogP contribution in [0, 0.1) is 0 Å². The second-order valence-corrected chi connectivity index (χ2v) is 7.03. The summed E-state index contributed by atoms with van der Waals surface area (Å²) in [4.78, 5) is 19.0. The van der Waals surface area contributed by atoms with Crippen LogP contribution in [0.25, 0.3) is 0 Å². The topological polar surface area (TPSA) is 119 Å². The molecule has 0 amide bonds. The number of pyridine rings is 1. The molecule has 0 saturated heterocycles. The Hall–Kier alpha value is -2.46. The number of aromatic nitrogens is 3. The Morgan fingerprint density at radius 3 is 2.63 bits per heavy atom. The monoisotopic (exact) mass is 480 g/mol. The number of nitrogens with two attached hydrogens (primary N) is 1. The van der Waals surface area contributed by atoms with Gasteiger partial charge in [-0.25, -0.2) is 4.98 Å². The predicted molar refractivity (Wildman–Crippen MR) is 122 cm³/mol. The second kappa shape index (κ2) is 13.0. The number of hydrogen-bond donors (Lipinski definition) is 2. The highest BCUT2D eigenvalue weighted by Gasteiger charge is 2.18. The van der Waals surface area contributed by atoms with Crippen LogP contribution in [-0.2, 0) is 6.54 Å². The van der Waals surface area contributed by atoms with Gasteiger partial charge in [-0.05, 0) is 31.5 Å². The highest BCUT2D eigenvalue weighted by molar-refractivity contribution is 9.09. The van der Waals surface area contributed by atoms with Crippen LogP contribution in [0.1, 0.15) is 38.2 Å². The first-order valence-electron chi connectivity index (χ1n) is 9.89. The summed E-state index contributed by atoms with van der Waals surface area (Å²) in [7, 11) is 0. The first-order chi connectivity index (χ1) is 14.6. The van der Waals surface area contributed by atoms with E-state index in [0.29, 0.717) is 49.0 Å². The van der Waals surface area contributed by atoms with Crippen LogP contribution in [-0.4, -0.2) is 52.1 Å². The maximum Gasteiger partial charge on any atom is 0.320 e. The Morgan fingerprint density at radius 2 is 2.00 bits per heavy atom. The van der Waals surface area contributed by atoms with Crippen LogP contribution in [0.3, 0.4) is 0 Å². The van der Waals surface area contributed by atoms with E-state index in [0.717, 1.165) is 24.8 Å². The van der Waals surface area contributed by atoms with Gasteiger partial charge in [0.15, 0.2) is 11.6 Å². The molecule has 0 spiro atoms. The van der Waals surface area contributed by atoms with Gasteiger partial charge in [0.25, 0.3) is 0 Å². The number of halogens is 1. The van der Waals surface area contributed by atoms with Gasteiger partial charge in [0, 0.05) is 25.4 Å². The molecule has 9 nitrogen and oxygen atoms in total. The maximum absolute atomic E-state index is 8.81. The Morgan fingerprint density at radius 1 is 1.20 bits per heavy atom. The lowest BCUT2D eigenvalue weighted by Crippen LogP contribution is -2.23. The van der Waals surface area contributed by atoms with Crippen molar-refractivity contribution < 1.29 is 14.6 Å². The largest absolute Gasteiger partial charge is 0.478 e. The molecule has 164 valence electrons. The van der Waals surface area contributed by atoms with Crippen molar-refractivity contribution in [2.75, 3.05) is 35.9 Å². The number of rotatable bonds is 14. The minimum Gasteiger partial charge on any atom is -0.478 e. The van der Waals surface area contributed by atoms with Gasteiger partial charge in [-0.1, -0.05) is 35.3 Å². The van der Waals surface area contributed by atoms with Crippen molar-refractivity contribution in [3.05, 3.63) is 23.9 Å². The van der Waals surface area contributed by atoms with Gasteiger partial charge >= 0.3 is 6.01 Å². The Labute approximate surface area is 185 Å². The lowest BCUT2D eigenvalue weighted by molar-refractivity contribution is 0.249. The van der Waals surface area contributed by atoms with Gasteiger partial charge in [-0.15, -0.1) is 0 Å². The molecular formula is C20H29BrN6O3. The van der Waals surface area contributed by atoms with Crippen molar-refractivity contribution in [2.24, 2.45) is 4.99 Å². The molecule has 0 aromatic carbocycles. The van der Waals surface area contributed by atoms with E-state index in [-0.39, 0.29) is 18.4 Å². The van der Waals surface area contributed by atoms with Crippen LogP contribution in [0.5, 0.6) is 11.9 Å². The zero-order valence-corrected chi connectivity index (χ0v) is 18.8. The third-order valence-corrected chi connectivity index (χ3v) is 4.78. The zero-order valence-electron chi connectivity index (χ0n) is 17.3. The predicted octanol–water partition coefficient (Wildman–Crippen LogP) is 3.48. The summed E-state index contributed by atoms with van der Waals surface area (Å²) in [6, 6.07) is 3.98. The Balaban J connectivity index is 2.13. The molecule has 0 bridgehead atoms. The van der Waals surface area contributed by atoms with Crippen molar-refractivity contribution >= 4 is 40.0 Å². The molecule has 10 heteroatoms. The standard InChI is InChI=1S/C20H29BrN6O3/c1-3-4-10-30-20-25-18(22)17(23-2)19(26-20)27(14-21)13-15-7-8-16(24-12-15)29-11-6-5-9-28/h7-8,12,28H,2-6,9-11,13-14H2,1H3,(H2,22,25,26). The SMILES string of the molecule is C=Nc1c(N)nc(OCCCC)nc1N(CBr)Cc1ccc(OCCCCO)nc1. The molecule has 0 atom stereocenters. The van der Waals surface area contributed by atoms with E-state index in [4.69, 9.17) is 20.3 Å². The molecular weight excluding hydrogens is 452 g/mol. The van der Waals surface area contributed by atoms with Crippen molar-refractivity contribution in [1.29, 1.82) is 0 Å². The quantitative estimate of drug-likeness (QED) is 0.182. The molecule has 3 N–H and O–H groups in total. The number of nitrogens with zero attached hydrogens (tertiary/aromatic N) is 5. The summed E-state index contributed by atoms with van der Waals surface area (Å²) < 4.78 is 11.2. The summed E-state index contributed by atoms with van der Waals surface area (Å²) in [5.41, 5.74) is 7.91. The number of anilines is 2. The van der Waals surface area contributed by atoms with Crippen LogP contribution >= 0.6 is 15.9 Å². The van der Waals surface area contributed by atoms with Crippen molar-refractivity contribution in [1.82, 2.24) is 15.0 Å². The number of ether oxygens (including phenoxy) is 2. The average Bonchev–Trinajstić information content (AvgIpc) is 2.76. The average molecular weight is 481 g/mol. The summed E-state index contributed by atoms with van der Waals surface area (Å²) in [5.74, 6) is 1.30. The highest BCUT2D eigenvalue weighted by atomic mass is 79.9. The van der Waals surface area contributed by atoms with Gasteiger partial charge in [0.1, 0.15) is 5.69 Å². The fourth-order valence-electron chi connectivity index (χ4n) is 2.56. The molecule has 0 aliphatic carbocycles. The summed E-state index contributed by atoms with van der Waals surface area (Å²) in [6.45, 7) is 7.40. The maximum atomic E-state index is 8.81. The first-order valence-corrected chi connectivity index (χ1v) is 11.0. The molecule has 2 aromatic heterocycles. The van der Waals surface area contributed by atoms with E-state index >= 15 is 0 Å². The Bertz CT molecular complexity index is 791. The fourth-order valence-corrected chi connectivity index (χ4v) is 2.97. The van der Waals surface area contributed by atoms with Crippen molar-refractivity contribution in [3.8, 4) is 11.9 Å². The smallest absolute Gasteiger partial charge is 0.320 e. The van der Waals surface area contributed by atoms with Gasteiger partial charge in [-0.3, -0.25) is 4.99 Å². The third-order valence-electron chi connectivity index (χ3n) is 4.18. The Kier molecular flexibility index (Phi) is 10.3. The van der Waals surface area contributed by atoms with E-state index < -0.39 is 0 Å². The van der Waals surface area contributed by atoms with Crippen molar-refractivity contribution in [3.63, 3.8) is 0 Å². The van der Waals surface area contributed by atoms with E-state index in [9.17, 15) is 0 Å². The molecule has 2 aromatic rings. The number of alkyl halides is 1. The van der Waals surface area contributed by atoms with E-state index in [1.807, 2.05) is 17.0 Å². The van der Waals surface area contributed by atoms with Crippen LogP contribution in [0.2, 0.25) is 0 Å². The molecule has 0 unspecified atom stereocenters. The minimum atomic E-state index is 0.165.